The van der Waals surface area contributed by atoms with E-state index < -0.39 is 11.9 Å². The Morgan fingerprint density at radius 1 is 1.23 bits per heavy atom. The van der Waals surface area contributed by atoms with E-state index >= 15 is 0 Å². The first-order valence-electron chi connectivity index (χ1n) is 8.85. The van der Waals surface area contributed by atoms with Gasteiger partial charge in [0, 0.05) is 13.0 Å². The summed E-state index contributed by atoms with van der Waals surface area (Å²) in [5.74, 6) is -0.631. The SMILES string of the molecule is NC(=O)[C@@H]1CC(C(=O)N2CCOC[C@@H]2C2CC2)=NN1c1ccc(F)cc1. The Bertz CT molecular complexity index is 747. The van der Waals surface area contributed by atoms with E-state index in [0.717, 1.165) is 12.8 Å². The first-order valence-corrected chi connectivity index (χ1v) is 8.85. The van der Waals surface area contributed by atoms with Crippen LogP contribution in [0.4, 0.5) is 10.1 Å². The molecule has 138 valence electrons. The highest BCUT2D eigenvalue weighted by Crippen LogP contribution is 2.37. The monoisotopic (exact) mass is 360 g/mol. The van der Waals surface area contributed by atoms with Crippen molar-refractivity contribution < 1.29 is 18.7 Å². The van der Waals surface area contributed by atoms with Crippen molar-refractivity contribution in [2.24, 2.45) is 16.8 Å². The fraction of sp³-hybridized carbons (Fsp3) is 0.500. The lowest BCUT2D eigenvalue weighted by Crippen LogP contribution is -2.52. The number of anilines is 1. The van der Waals surface area contributed by atoms with Crippen molar-refractivity contribution in [1.29, 1.82) is 0 Å². The summed E-state index contributed by atoms with van der Waals surface area (Å²) in [5.41, 5.74) is 6.35. The standard InChI is InChI=1S/C18H21FN4O3/c19-12-3-5-13(6-4-12)23-15(17(20)24)9-14(21-23)18(25)22-7-8-26-10-16(22)11-1-2-11/h3-6,11,15-16H,1-2,7-10H2,(H2,20,24)/t15-,16+/m0/s1. The minimum atomic E-state index is -0.750. The van der Waals surface area contributed by atoms with Gasteiger partial charge in [0.15, 0.2) is 0 Å². The lowest BCUT2D eigenvalue weighted by Gasteiger charge is -2.35. The molecule has 1 saturated carbocycles. The zero-order valence-electron chi connectivity index (χ0n) is 14.3. The molecule has 2 fully saturated rings. The van der Waals surface area contributed by atoms with Crippen LogP contribution in [0.5, 0.6) is 0 Å². The number of halogens is 1. The van der Waals surface area contributed by atoms with Crippen LogP contribution in [0.2, 0.25) is 0 Å². The molecule has 2 amide bonds. The maximum Gasteiger partial charge on any atom is 0.270 e. The fourth-order valence-electron chi connectivity index (χ4n) is 3.61. The quantitative estimate of drug-likeness (QED) is 0.863. The van der Waals surface area contributed by atoms with E-state index in [9.17, 15) is 14.0 Å². The van der Waals surface area contributed by atoms with Crippen LogP contribution in [0.3, 0.4) is 0 Å². The molecular formula is C18H21FN4O3. The molecule has 2 atom stereocenters. The van der Waals surface area contributed by atoms with Crippen LogP contribution in [-0.2, 0) is 14.3 Å². The second-order valence-electron chi connectivity index (χ2n) is 6.97. The fourth-order valence-corrected chi connectivity index (χ4v) is 3.61. The number of hydrogen-bond donors (Lipinski definition) is 1. The lowest BCUT2D eigenvalue weighted by molar-refractivity contribution is -0.133. The summed E-state index contributed by atoms with van der Waals surface area (Å²) < 4.78 is 18.7. The van der Waals surface area contributed by atoms with E-state index in [1.54, 1.807) is 0 Å². The van der Waals surface area contributed by atoms with Crippen molar-refractivity contribution in [3.63, 3.8) is 0 Å². The number of amides is 2. The second kappa shape index (κ2) is 6.68. The highest BCUT2D eigenvalue weighted by Gasteiger charge is 2.43. The normalized spacial score (nSPS) is 26.0. The van der Waals surface area contributed by atoms with Crippen LogP contribution in [0, 0.1) is 11.7 Å². The third kappa shape index (κ3) is 3.16. The molecule has 0 unspecified atom stereocenters. The Hall–Kier alpha value is -2.48. The summed E-state index contributed by atoms with van der Waals surface area (Å²) in [7, 11) is 0. The van der Waals surface area contributed by atoms with Gasteiger partial charge in [-0.3, -0.25) is 14.6 Å². The largest absolute Gasteiger partial charge is 0.377 e. The third-order valence-corrected chi connectivity index (χ3v) is 5.17. The van der Waals surface area contributed by atoms with Crippen LogP contribution < -0.4 is 10.7 Å². The molecule has 0 spiro atoms. The van der Waals surface area contributed by atoms with Gasteiger partial charge >= 0.3 is 0 Å². The number of carbonyl (C=O) groups is 2. The molecule has 26 heavy (non-hydrogen) atoms. The number of ether oxygens (including phenoxy) is 1. The molecule has 4 rings (SSSR count). The molecular weight excluding hydrogens is 339 g/mol. The highest BCUT2D eigenvalue weighted by molar-refractivity contribution is 6.40. The number of hydrogen-bond acceptors (Lipinski definition) is 5. The molecule has 2 heterocycles. The average molecular weight is 360 g/mol. The van der Waals surface area contributed by atoms with Crippen molar-refractivity contribution in [3.8, 4) is 0 Å². The van der Waals surface area contributed by atoms with Crippen molar-refractivity contribution in [1.82, 2.24) is 4.90 Å². The van der Waals surface area contributed by atoms with Crippen molar-refractivity contribution in [3.05, 3.63) is 30.1 Å². The van der Waals surface area contributed by atoms with Gasteiger partial charge in [-0.2, -0.15) is 5.10 Å². The molecule has 1 aromatic carbocycles. The number of benzene rings is 1. The van der Waals surface area contributed by atoms with Crippen LogP contribution in [0.15, 0.2) is 29.4 Å². The molecule has 8 heteroatoms. The number of rotatable bonds is 4. The maximum absolute atomic E-state index is 13.2. The first-order chi connectivity index (χ1) is 12.5. The van der Waals surface area contributed by atoms with Gasteiger partial charge in [0.2, 0.25) is 5.91 Å². The van der Waals surface area contributed by atoms with Crippen LogP contribution >= 0.6 is 0 Å². The minimum absolute atomic E-state index is 0.0749. The summed E-state index contributed by atoms with van der Waals surface area (Å²) in [5, 5.41) is 5.79. The lowest BCUT2D eigenvalue weighted by atomic mass is 10.1. The van der Waals surface area contributed by atoms with Crippen LogP contribution in [0.1, 0.15) is 19.3 Å². The van der Waals surface area contributed by atoms with Gasteiger partial charge in [-0.05, 0) is 43.0 Å². The molecule has 3 aliphatic rings. The van der Waals surface area contributed by atoms with Gasteiger partial charge in [-0.25, -0.2) is 4.39 Å². The first kappa shape index (κ1) is 17.0. The summed E-state index contributed by atoms with van der Waals surface area (Å²) in [4.78, 5) is 26.7. The number of primary amides is 1. The Balaban J connectivity index is 1.58. The van der Waals surface area contributed by atoms with Crippen LogP contribution in [0.25, 0.3) is 0 Å². The maximum atomic E-state index is 13.2. The number of carbonyl (C=O) groups excluding carboxylic acids is 2. The number of nitrogens with zero attached hydrogens (tertiary/aromatic N) is 3. The Kier molecular flexibility index (Phi) is 4.36. The molecule has 1 saturated heterocycles. The average Bonchev–Trinajstić information content (AvgIpc) is 3.39. The smallest absolute Gasteiger partial charge is 0.270 e. The van der Waals surface area contributed by atoms with E-state index in [0.29, 0.717) is 37.1 Å². The van der Waals surface area contributed by atoms with E-state index in [1.165, 1.54) is 29.3 Å². The summed E-state index contributed by atoms with van der Waals surface area (Å²) in [6, 6.07) is 4.93. The summed E-state index contributed by atoms with van der Waals surface area (Å²) >= 11 is 0. The highest BCUT2D eigenvalue weighted by atomic mass is 19.1. The zero-order valence-corrected chi connectivity index (χ0v) is 14.3. The number of nitrogens with two attached hydrogens (primary N) is 1. The predicted octanol–water partition coefficient (Wildman–Crippen LogP) is 0.883. The van der Waals surface area contributed by atoms with Gasteiger partial charge in [0.05, 0.1) is 24.9 Å². The molecule has 1 aromatic rings. The summed E-state index contributed by atoms with van der Waals surface area (Å²) in [6.45, 7) is 1.57. The van der Waals surface area contributed by atoms with E-state index in [1.807, 2.05) is 4.90 Å². The van der Waals surface area contributed by atoms with Gasteiger partial charge in [0.25, 0.3) is 5.91 Å². The number of hydrazone groups is 1. The van der Waals surface area contributed by atoms with Crippen molar-refractivity contribution in [2.75, 3.05) is 24.8 Å². The van der Waals surface area contributed by atoms with Crippen molar-refractivity contribution in [2.45, 2.75) is 31.3 Å². The minimum Gasteiger partial charge on any atom is -0.377 e. The number of morpholine rings is 1. The van der Waals surface area contributed by atoms with E-state index in [-0.39, 0.29) is 24.2 Å². The van der Waals surface area contributed by atoms with Gasteiger partial charge in [0.1, 0.15) is 17.6 Å². The summed E-state index contributed by atoms with van der Waals surface area (Å²) in [6.07, 6.45) is 2.37. The molecule has 1 aliphatic carbocycles. The predicted molar refractivity (Wildman–Crippen MR) is 93.0 cm³/mol. The second-order valence-corrected chi connectivity index (χ2v) is 6.97. The van der Waals surface area contributed by atoms with E-state index in [4.69, 9.17) is 10.5 Å². The van der Waals surface area contributed by atoms with Crippen molar-refractivity contribution >= 4 is 23.2 Å². The van der Waals surface area contributed by atoms with Gasteiger partial charge < -0.3 is 15.4 Å². The molecule has 0 bridgehead atoms. The molecule has 0 radical (unpaired) electrons. The topological polar surface area (TPSA) is 88.2 Å². The molecule has 2 aliphatic heterocycles. The Morgan fingerprint density at radius 2 is 1.96 bits per heavy atom. The van der Waals surface area contributed by atoms with Crippen LogP contribution in [-0.4, -0.2) is 54.3 Å². The van der Waals surface area contributed by atoms with E-state index in [2.05, 4.69) is 5.10 Å². The molecule has 7 nitrogen and oxygen atoms in total. The Morgan fingerprint density at radius 3 is 2.62 bits per heavy atom. The van der Waals surface area contributed by atoms with Gasteiger partial charge in [-0.1, -0.05) is 0 Å². The molecule has 0 aromatic heterocycles. The Labute approximate surface area is 150 Å². The molecule has 2 N–H and O–H groups in total. The van der Waals surface area contributed by atoms with Gasteiger partial charge in [-0.15, -0.1) is 0 Å². The third-order valence-electron chi connectivity index (χ3n) is 5.17. The zero-order chi connectivity index (χ0) is 18.3.